The Kier molecular flexibility index (Phi) is 18.5. The van der Waals surface area contributed by atoms with E-state index in [1.54, 1.807) is 7.11 Å². The molecule has 0 atom stereocenters. The van der Waals surface area contributed by atoms with E-state index in [1.165, 1.54) is 107 Å². The molecule has 0 bridgehead atoms. The molecular weight excluding hydrogens is 510 g/mol. The summed E-state index contributed by atoms with van der Waals surface area (Å²) < 4.78 is 5.73. The van der Waals surface area contributed by atoms with E-state index in [4.69, 9.17) is 17.0 Å². The van der Waals surface area contributed by atoms with Gasteiger partial charge in [0.15, 0.2) is 5.11 Å². The van der Waals surface area contributed by atoms with Crippen LogP contribution in [0.4, 0.5) is 0 Å². The molecule has 0 radical (unpaired) electrons. The summed E-state index contributed by atoms with van der Waals surface area (Å²) in [6.07, 6.45) is 24.0. The summed E-state index contributed by atoms with van der Waals surface area (Å²) in [5, 5.41) is 8.32. The predicted molar refractivity (Wildman–Crippen MR) is 181 cm³/mol. The van der Waals surface area contributed by atoms with Gasteiger partial charge in [-0.15, -0.1) is 0 Å². The molecule has 0 aromatic heterocycles. The molecule has 0 aliphatic heterocycles. The van der Waals surface area contributed by atoms with Crippen LogP contribution < -0.4 is 15.5 Å². The van der Waals surface area contributed by atoms with Gasteiger partial charge in [-0.2, -0.15) is 5.10 Å². The molecule has 1 rings (SSSR count). The van der Waals surface area contributed by atoms with E-state index < -0.39 is 0 Å². The Balaban J connectivity index is 2.22. The van der Waals surface area contributed by atoms with Crippen molar-refractivity contribution in [1.82, 2.24) is 10.7 Å². The second-order valence-corrected chi connectivity index (χ2v) is 14.0. The molecule has 0 heterocycles. The van der Waals surface area contributed by atoms with Gasteiger partial charge in [-0.3, -0.25) is 5.43 Å². The Labute approximate surface area is 253 Å². The maximum atomic E-state index is 5.73. The largest absolute Gasteiger partial charge is 0.496 e. The number of rotatable bonds is 20. The van der Waals surface area contributed by atoms with Gasteiger partial charge < -0.3 is 10.1 Å². The monoisotopic (exact) mass is 573 g/mol. The maximum Gasteiger partial charge on any atom is 0.186 e. The minimum Gasteiger partial charge on any atom is -0.496 e. The fourth-order valence-corrected chi connectivity index (χ4v) is 5.34. The van der Waals surface area contributed by atoms with Gasteiger partial charge in [-0.05, 0) is 46.7 Å². The average molecular weight is 574 g/mol. The number of thiocarbonyl (C=S) groups is 1. The lowest BCUT2D eigenvalue weighted by atomic mass is 9.78. The molecule has 0 fully saturated rings. The fourth-order valence-electron chi connectivity index (χ4n) is 5.18. The Morgan fingerprint density at radius 2 is 1.18 bits per heavy atom. The average Bonchev–Trinajstić information content (AvgIpc) is 2.88. The molecule has 0 spiro atoms. The van der Waals surface area contributed by atoms with Gasteiger partial charge in [0.05, 0.1) is 13.3 Å². The van der Waals surface area contributed by atoms with Crippen LogP contribution in [0.25, 0.3) is 0 Å². The number of ether oxygens (including phenoxy) is 1. The van der Waals surface area contributed by atoms with Gasteiger partial charge in [0.2, 0.25) is 0 Å². The third kappa shape index (κ3) is 16.0. The van der Waals surface area contributed by atoms with Crippen LogP contribution in [-0.4, -0.2) is 25.0 Å². The molecule has 230 valence electrons. The number of hydrogen-bond donors (Lipinski definition) is 2. The first-order valence-electron chi connectivity index (χ1n) is 16.3. The van der Waals surface area contributed by atoms with Crippen molar-refractivity contribution in [3.63, 3.8) is 0 Å². The highest BCUT2D eigenvalue weighted by Crippen LogP contribution is 2.37. The number of nitrogens with zero attached hydrogens (tertiary/aromatic N) is 1. The molecular formula is C35H63N3OS. The van der Waals surface area contributed by atoms with Gasteiger partial charge in [-0.25, -0.2) is 0 Å². The minimum atomic E-state index is -0.0143. The Morgan fingerprint density at radius 3 is 1.60 bits per heavy atom. The molecule has 1 aromatic rings. The Morgan fingerprint density at radius 1 is 0.725 bits per heavy atom. The molecule has 5 heteroatoms. The van der Waals surface area contributed by atoms with Gasteiger partial charge >= 0.3 is 0 Å². The smallest absolute Gasteiger partial charge is 0.186 e. The summed E-state index contributed by atoms with van der Waals surface area (Å²) >= 11 is 5.44. The topological polar surface area (TPSA) is 45.7 Å². The number of unbranched alkanes of at least 4 members (excludes halogenated alkanes) is 15. The summed E-state index contributed by atoms with van der Waals surface area (Å²) in [7, 11) is 1.73. The molecule has 40 heavy (non-hydrogen) atoms. The number of methoxy groups -OCH3 is 1. The third-order valence-corrected chi connectivity index (χ3v) is 7.91. The van der Waals surface area contributed by atoms with Crippen LogP contribution >= 0.6 is 12.2 Å². The molecule has 4 nitrogen and oxygen atoms in total. The van der Waals surface area contributed by atoms with Crippen LogP contribution in [0.2, 0.25) is 0 Å². The van der Waals surface area contributed by atoms with Crippen LogP contribution in [0.3, 0.4) is 0 Å². The lowest BCUT2D eigenvalue weighted by Gasteiger charge is -2.28. The molecule has 1 aromatic carbocycles. The fraction of sp³-hybridized carbons (Fsp3) is 0.771. The van der Waals surface area contributed by atoms with Crippen molar-refractivity contribution >= 4 is 23.5 Å². The molecule has 0 saturated carbocycles. The van der Waals surface area contributed by atoms with Crippen molar-refractivity contribution in [3.05, 3.63) is 28.8 Å². The van der Waals surface area contributed by atoms with Crippen LogP contribution in [0.5, 0.6) is 5.75 Å². The number of hydrazone groups is 1. The third-order valence-electron chi connectivity index (χ3n) is 7.67. The summed E-state index contributed by atoms with van der Waals surface area (Å²) in [5.41, 5.74) is 6.48. The number of benzene rings is 1. The molecule has 0 aliphatic rings. The van der Waals surface area contributed by atoms with Gasteiger partial charge in [0.25, 0.3) is 0 Å². The predicted octanol–water partition coefficient (Wildman–Crippen LogP) is 10.3. The zero-order chi connectivity index (χ0) is 29.9. The van der Waals surface area contributed by atoms with Crippen molar-refractivity contribution in [3.8, 4) is 5.75 Å². The van der Waals surface area contributed by atoms with E-state index in [0.29, 0.717) is 5.11 Å². The van der Waals surface area contributed by atoms with Crippen molar-refractivity contribution < 1.29 is 4.74 Å². The quantitative estimate of drug-likeness (QED) is 0.0705. The number of nitrogens with one attached hydrogen (secondary N) is 2. The zero-order valence-corrected chi connectivity index (χ0v) is 28.3. The molecule has 0 unspecified atom stereocenters. The van der Waals surface area contributed by atoms with Gasteiger partial charge in [0.1, 0.15) is 5.75 Å². The maximum absolute atomic E-state index is 5.73. The lowest BCUT2D eigenvalue weighted by Crippen LogP contribution is -2.32. The van der Waals surface area contributed by atoms with Crippen molar-refractivity contribution in [1.29, 1.82) is 0 Å². The van der Waals surface area contributed by atoms with Crippen LogP contribution in [-0.2, 0) is 10.8 Å². The minimum absolute atomic E-state index is 0.00255. The summed E-state index contributed by atoms with van der Waals surface area (Å²) in [4.78, 5) is 0. The van der Waals surface area contributed by atoms with Crippen molar-refractivity contribution in [2.45, 2.75) is 162 Å². The van der Waals surface area contributed by atoms with E-state index >= 15 is 0 Å². The van der Waals surface area contributed by atoms with Crippen molar-refractivity contribution in [2.24, 2.45) is 5.10 Å². The zero-order valence-electron chi connectivity index (χ0n) is 27.5. The van der Waals surface area contributed by atoms with Crippen LogP contribution in [0.15, 0.2) is 17.2 Å². The highest BCUT2D eigenvalue weighted by atomic mass is 32.1. The Hall–Kier alpha value is -1.62. The van der Waals surface area contributed by atoms with Gasteiger partial charge in [-0.1, -0.05) is 151 Å². The van der Waals surface area contributed by atoms with Crippen LogP contribution in [0, 0.1) is 0 Å². The first-order valence-corrected chi connectivity index (χ1v) is 16.7. The summed E-state index contributed by atoms with van der Waals surface area (Å²) in [5.74, 6) is 0.895. The second kappa shape index (κ2) is 20.3. The standard InChI is InChI=1S/C35H63N3OS/c1-9-10-11-12-13-14-15-16-17-18-19-20-21-22-23-24-25-36-33(40)38-37-28-29-26-32(39-8)31(35(5,6)7)27-30(29)34(2,3)4/h26-28H,9-25H2,1-8H3,(H2,36,38,40). The summed E-state index contributed by atoms with van der Waals surface area (Å²) in [6.45, 7) is 16.5. The normalized spacial score (nSPS) is 12.2. The SMILES string of the molecule is CCCCCCCCCCCCCCCCCCNC(=S)NN=Cc1cc(OC)c(C(C)(C)C)cc1C(C)(C)C. The van der Waals surface area contributed by atoms with Crippen molar-refractivity contribution in [2.75, 3.05) is 13.7 Å². The van der Waals surface area contributed by atoms with E-state index in [1.807, 2.05) is 6.21 Å². The van der Waals surface area contributed by atoms with E-state index in [2.05, 4.69) is 76.4 Å². The number of hydrogen-bond acceptors (Lipinski definition) is 3. The molecule has 0 amide bonds. The highest BCUT2D eigenvalue weighted by molar-refractivity contribution is 7.80. The molecule has 2 N–H and O–H groups in total. The highest BCUT2D eigenvalue weighted by Gasteiger charge is 2.25. The molecule has 0 aliphatic carbocycles. The summed E-state index contributed by atoms with van der Waals surface area (Å²) in [6, 6.07) is 4.37. The first kappa shape index (κ1) is 36.4. The first-order chi connectivity index (χ1) is 19.0. The lowest BCUT2D eigenvalue weighted by molar-refractivity contribution is 0.396. The van der Waals surface area contributed by atoms with E-state index in [-0.39, 0.29) is 10.8 Å². The van der Waals surface area contributed by atoms with Crippen LogP contribution in [0.1, 0.15) is 168 Å². The Bertz CT molecular complexity index is 851. The van der Waals surface area contributed by atoms with E-state index in [9.17, 15) is 0 Å². The van der Waals surface area contributed by atoms with E-state index in [0.717, 1.165) is 24.3 Å². The van der Waals surface area contributed by atoms with Gasteiger partial charge in [0, 0.05) is 12.1 Å². The molecule has 0 saturated heterocycles. The second-order valence-electron chi connectivity index (χ2n) is 13.6.